The summed E-state index contributed by atoms with van der Waals surface area (Å²) in [6.45, 7) is 1.98. The van der Waals surface area contributed by atoms with Gasteiger partial charge >= 0.3 is 5.97 Å². The van der Waals surface area contributed by atoms with Gasteiger partial charge in [-0.15, -0.1) is 0 Å². The lowest BCUT2D eigenvalue weighted by atomic mass is 9.95. The molecule has 0 aliphatic heterocycles. The Morgan fingerprint density at radius 2 is 2.32 bits per heavy atom. The van der Waals surface area contributed by atoms with Crippen LogP contribution in [-0.2, 0) is 10.3 Å². The second-order valence-corrected chi connectivity index (χ2v) is 4.82. The number of nitrogens with two attached hydrogens (primary N) is 1. The van der Waals surface area contributed by atoms with E-state index < -0.39 is 11.5 Å². The highest BCUT2D eigenvalue weighted by atomic mass is 16.4. The van der Waals surface area contributed by atoms with E-state index in [9.17, 15) is 9.90 Å². The second kappa shape index (κ2) is 3.78. The summed E-state index contributed by atoms with van der Waals surface area (Å²) in [5.41, 5.74) is 5.44. The molecule has 7 heteroatoms. The van der Waals surface area contributed by atoms with E-state index in [1.54, 1.807) is 10.6 Å². The Balaban J connectivity index is 2.26. The largest absolute Gasteiger partial charge is 0.479 e. The van der Waals surface area contributed by atoms with Crippen LogP contribution in [0.15, 0.2) is 24.8 Å². The van der Waals surface area contributed by atoms with Crippen LogP contribution in [0.25, 0.3) is 11.2 Å². The zero-order valence-corrected chi connectivity index (χ0v) is 10.3. The Labute approximate surface area is 108 Å². The van der Waals surface area contributed by atoms with Crippen molar-refractivity contribution in [2.24, 2.45) is 5.92 Å². The van der Waals surface area contributed by atoms with Crippen molar-refractivity contribution in [2.45, 2.75) is 18.9 Å². The number of fused-ring (bicyclic) bond motifs is 1. The Kier molecular flexibility index (Phi) is 2.31. The molecule has 3 N–H and O–H groups in total. The fraction of sp³-hybridized carbons (Fsp3) is 0.333. The third kappa shape index (κ3) is 1.51. The number of hydrogen-bond donors (Lipinski definition) is 2. The highest BCUT2D eigenvalue weighted by Gasteiger charge is 2.43. The predicted octanol–water partition coefficient (Wildman–Crippen LogP) is 0.784. The minimum Gasteiger partial charge on any atom is -0.479 e. The molecule has 1 aliphatic carbocycles. The SMILES string of the molecule is C[C@@H]1C=C[C@](C(=O)O)(n2cnc3c(N)ncnc32)C1. The summed E-state index contributed by atoms with van der Waals surface area (Å²) in [5.74, 6) is -0.489. The summed E-state index contributed by atoms with van der Waals surface area (Å²) in [4.78, 5) is 23.8. The summed E-state index contributed by atoms with van der Waals surface area (Å²) < 4.78 is 1.56. The summed E-state index contributed by atoms with van der Waals surface area (Å²) >= 11 is 0. The quantitative estimate of drug-likeness (QED) is 0.772. The van der Waals surface area contributed by atoms with E-state index in [2.05, 4.69) is 15.0 Å². The van der Waals surface area contributed by atoms with Gasteiger partial charge in [0.25, 0.3) is 0 Å². The third-order valence-electron chi connectivity index (χ3n) is 3.50. The molecule has 2 atom stereocenters. The Morgan fingerprint density at radius 1 is 1.53 bits per heavy atom. The van der Waals surface area contributed by atoms with Gasteiger partial charge in [-0.3, -0.25) is 4.57 Å². The number of nitrogens with zero attached hydrogens (tertiary/aromatic N) is 4. The van der Waals surface area contributed by atoms with E-state index in [-0.39, 0.29) is 11.7 Å². The summed E-state index contributed by atoms with van der Waals surface area (Å²) in [6, 6.07) is 0. The van der Waals surface area contributed by atoms with Crippen molar-refractivity contribution in [2.75, 3.05) is 5.73 Å². The highest BCUT2D eigenvalue weighted by molar-refractivity contribution is 5.86. The lowest BCUT2D eigenvalue weighted by Gasteiger charge is -2.25. The van der Waals surface area contributed by atoms with Crippen molar-refractivity contribution >= 4 is 23.0 Å². The zero-order valence-electron chi connectivity index (χ0n) is 10.3. The molecule has 19 heavy (non-hydrogen) atoms. The van der Waals surface area contributed by atoms with Crippen LogP contribution in [0.3, 0.4) is 0 Å². The number of carboxylic acids is 1. The first kappa shape index (κ1) is 11.6. The number of aromatic nitrogens is 4. The molecule has 1 aliphatic rings. The molecule has 0 saturated heterocycles. The van der Waals surface area contributed by atoms with Gasteiger partial charge in [-0.2, -0.15) is 0 Å². The number of hydrogen-bond acceptors (Lipinski definition) is 5. The lowest BCUT2D eigenvalue weighted by Crippen LogP contribution is -2.38. The average molecular weight is 259 g/mol. The molecule has 0 fully saturated rings. The fourth-order valence-electron chi connectivity index (χ4n) is 2.54. The van der Waals surface area contributed by atoms with Crippen LogP contribution in [0.2, 0.25) is 0 Å². The van der Waals surface area contributed by atoms with Crippen LogP contribution < -0.4 is 5.73 Å². The third-order valence-corrected chi connectivity index (χ3v) is 3.50. The number of imidazole rings is 1. The van der Waals surface area contributed by atoms with E-state index in [4.69, 9.17) is 5.73 Å². The number of carboxylic acid groups (broad SMARTS) is 1. The normalized spacial score (nSPS) is 26.1. The lowest BCUT2D eigenvalue weighted by molar-refractivity contribution is -0.145. The summed E-state index contributed by atoms with van der Waals surface area (Å²) in [7, 11) is 0. The molecular weight excluding hydrogens is 246 g/mol. The highest BCUT2D eigenvalue weighted by Crippen LogP contribution is 2.36. The number of carbonyl (C=O) groups is 1. The van der Waals surface area contributed by atoms with Gasteiger partial charge in [0, 0.05) is 0 Å². The summed E-state index contributed by atoms with van der Waals surface area (Å²) in [5, 5.41) is 9.61. The molecule has 2 aromatic heterocycles. The number of nitrogen functional groups attached to an aromatic ring is 1. The van der Waals surface area contributed by atoms with Gasteiger partial charge < -0.3 is 10.8 Å². The Bertz CT molecular complexity index is 692. The molecule has 0 amide bonds. The first-order valence-electron chi connectivity index (χ1n) is 5.91. The molecule has 0 radical (unpaired) electrons. The van der Waals surface area contributed by atoms with E-state index >= 15 is 0 Å². The molecule has 0 saturated carbocycles. The predicted molar refractivity (Wildman–Crippen MR) is 68.3 cm³/mol. The molecule has 98 valence electrons. The van der Waals surface area contributed by atoms with E-state index in [1.165, 1.54) is 12.7 Å². The second-order valence-electron chi connectivity index (χ2n) is 4.82. The number of allylic oxidation sites excluding steroid dienone is 1. The maximum atomic E-state index is 11.7. The van der Waals surface area contributed by atoms with Crippen molar-refractivity contribution < 1.29 is 9.90 Å². The fourth-order valence-corrected chi connectivity index (χ4v) is 2.54. The molecule has 0 aromatic carbocycles. The van der Waals surface area contributed by atoms with Crippen molar-refractivity contribution in [1.29, 1.82) is 0 Å². The number of aliphatic carboxylic acids is 1. The van der Waals surface area contributed by atoms with Crippen molar-refractivity contribution in [1.82, 2.24) is 19.5 Å². The van der Waals surface area contributed by atoms with E-state index in [0.29, 0.717) is 17.6 Å². The van der Waals surface area contributed by atoms with Gasteiger partial charge in [-0.05, 0) is 12.3 Å². The average Bonchev–Trinajstić information content (AvgIpc) is 2.94. The van der Waals surface area contributed by atoms with Crippen LogP contribution in [0, 0.1) is 5.92 Å². The maximum Gasteiger partial charge on any atom is 0.334 e. The molecule has 2 heterocycles. The van der Waals surface area contributed by atoms with Crippen LogP contribution in [0.4, 0.5) is 5.82 Å². The topological polar surface area (TPSA) is 107 Å². The van der Waals surface area contributed by atoms with Crippen molar-refractivity contribution in [3.63, 3.8) is 0 Å². The van der Waals surface area contributed by atoms with Crippen LogP contribution in [0.5, 0.6) is 0 Å². The van der Waals surface area contributed by atoms with E-state index in [0.717, 1.165) is 0 Å². The molecule has 0 spiro atoms. The van der Waals surface area contributed by atoms with Gasteiger partial charge in [0.1, 0.15) is 11.8 Å². The standard InChI is InChI=1S/C12H13N5O2/c1-7-2-3-12(4-7,11(18)19)17-6-16-8-9(13)14-5-15-10(8)17/h2-3,5-7H,4H2,1H3,(H,18,19)(H2,13,14,15)/t7-,12+/m1/s1. The van der Waals surface area contributed by atoms with Crippen molar-refractivity contribution in [3.05, 3.63) is 24.8 Å². The Morgan fingerprint density at radius 3 is 2.95 bits per heavy atom. The van der Waals surface area contributed by atoms with Gasteiger partial charge in [0.05, 0.1) is 6.33 Å². The first-order chi connectivity index (χ1) is 9.04. The molecule has 2 aromatic rings. The van der Waals surface area contributed by atoms with Crippen LogP contribution in [-0.4, -0.2) is 30.6 Å². The minimum atomic E-state index is -1.14. The monoisotopic (exact) mass is 259 g/mol. The van der Waals surface area contributed by atoms with Gasteiger partial charge in [0.2, 0.25) is 0 Å². The zero-order chi connectivity index (χ0) is 13.6. The van der Waals surface area contributed by atoms with Gasteiger partial charge in [-0.1, -0.05) is 19.1 Å². The smallest absolute Gasteiger partial charge is 0.334 e. The van der Waals surface area contributed by atoms with Gasteiger partial charge in [-0.25, -0.2) is 19.7 Å². The molecule has 0 unspecified atom stereocenters. The minimum absolute atomic E-state index is 0.188. The van der Waals surface area contributed by atoms with E-state index in [1.807, 2.05) is 13.0 Å². The number of rotatable bonds is 2. The molecular formula is C12H13N5O2. The molecule has 3 rings (SSSR count). The Hall–Kier alpha value is -2.44. The van der Waals surface area contributed by atoms with Gasteiger partial charge in [0.15, 0.2) is 17.0 Å². The van der Waals surface area contributed by atoms with Crippen LogP contribution in [0.1, 0.15) is 13.3 Å². The molecule has 0 bridgehead atoms. The number of anilines is 1. The summed E-state index contributed by atoms with van der Waals surface area (Å²) in [6.07, 6.45) is 6.83. The van der Waals surface area contributed by atoms with Crippen LogP contribution >= 0.6 is 0 Å². The van der Waals surface area contributed by atoms with Crippen molar-refractivity contribution in [3.8, 4) is 0 Å². The molecule has 7 nitrogen and oxygen atoms in total. The first-order valence-corrected chi connectivity index (χ1v) is 5.91. The maximum absolute atomic E-state index is 11.7.